The summed E-state index contributed by atoms with van der Waals surface area (Å²) in [5.74, 6) is 2.55. The third-order valence-electron chi connectivity index (χ3n) is 6.33. The van der Waals surface area contributed by atoms with Crippen LogP contribution in [-0.4, -0.2) is 68.9 Å². The number of fused-ring (bicyclic) bond motifs is 1. The molecule has 2 atom stereocenters. The number of carbonyl (C=O) groups excluding carboxylic acids is 1. The smallest absolute Gasteiger partial charge is 0.344 e. The monoisotopic (exact) mass is 432 g/mol. The molecule has 4 heterocycles. The van der Waals surface area contributed by atoms with E-state index in [2.05, 4.69) is 39.3 Å². The summed E-state index contributed by atoms with van der Waals surface area (Å²) in [4.78, 5) is 18.7. The fourth-order valence-corrected chi connectivity index (χ4v) is 4.64. The van der Waals surface area contributed by atoms with Crippen LogP contribution in [0, 0.1) is 18.8 Å². The van der Waals surface area contributed by atoms with E-state index < -0.39 is 0 Å². The van der Waals surface area contributed by atoms with E-state index in [0.29, 0.717) is 11.8 Å². The highest BCUT2D eigenvalue weighted by Crippen LogP contribution is 2.32. The van der Waals surface area contributed by atoms with E-state index in [4.69, 9.17) is 4.74 Å². The molecular formula is C24H28N6O2. The number of benzene rings is 1. The van der Waals surface area contributed by atoms with Crippen molar-refractivity contribution in [2.45, 2.75) is 13.5 Å². The Morgan fingerprint density at radius 2 is 1.81 bits per heavy atom. The van der Waals surface area contributed by atoms with Crippen molar-refractivity contribution in [2.75, 3.05) is 33.2 Å². The lowest BCUT2D eigenvalue weighted by Crippen LogP contribution is -2.41. The maximum absolute atomic E-state index is 12.7. The van der Waals surface area contributed by atoms with Crippen molar-refractivity contribution in [1.29, 1.82) is 0 Å². The Bertz CT molecular complexity index is 1050. The third-order valence-corrected chi connectivity index (χ3v) is 6.33. The van der Waals surface area contributed by atoms with Crippen LogP contribution in [0.2, 0.25) is 0 Å². The molecule has 8 heteroatoms. The van der Waals surface area contributed by atoms with Crippen molar-refractivity contribution in [3.63, 3.8) is 0 Å². The van der Waals surface area contributed by atoms with Gasteiger partial charge < -0.3 is 9.64 Å². The van der Waals surface area contributed by atoms with Gasteiger partial charge in [-0.15, -0.1) is 0 Å². The largest absolute Gasteiger partial charge is 0.456 e. The zero-order valence-corrected chi connectivity index (χ0v) is 18.5. The topological polar surface area (TPSA) is 66.7 Å². The quantitative estimate of drug-likeness (QED) is 0.617. The maximum atomic E-state index is 12.7. The van der Waals surface area contributed by atoms with Gasteiger partial charge in [0.1, 0.15) is 11.5 Å². The molecule has 2 fully saturated rings. The van der Waals surface area contributed by atoms with Gasteiger partial charge in [-0.3, -0.25) is 4.98 Å². The molecule has 166 valence electrons. The molecule has 2 aliphatic rings. The predicted molar refractivity (Wildman–Crippen MR) is 120 cm³/mol. The van der Waals surface area contributed by atoms with Gasteiger partial charge in [-0.1, -0.05) is 12.1 Å². The zero-order chi connectivity index (χ0) is 22.1. The molecule has 0 bridgehead atoms. The SMILES string of the molecule is Cc1cnn(C(=O)N2C[C@@H]3CN(N(C)Cc4ccc(Oc5cccnc5)cc4)C[C@@H]3C2)c1. The molecule has 2 aliphatic heterocycles. The Labute approximate surface area is 188 Å². The first kappa shape index (κ1) is 20.7. The molecule has 1 amide bonds. The van der Waals surface area contributed by atoms with Crippen LogP contribution in [0.25, 0.3) is 0 Å². The molecule has 0 spiro atoms. The van der Waals surface area contributed by atoms with Crippen molar-refractivity contribution in [1.82, 2.24) is 29.7 Å². The highest BCUT2D eigenvalue weighted by molar-refractivity contribution is 5.76. The molecule has 32 heavy (non-hydrogen) atoms. The fourth-order valence-electron chi connectivity index (χ4n) is 4.64. The summed E-state index contributed by atoms with van der Waals surface area (Å²) < 4.78 is 7.29. The number of pyridine rings is 1. The molecule has 0 saturated carbocycles. The minimum atomic E-state index is -0.0130. The first-order valence-electron chi connectivity index (χ1n) is 11.0. The molecule has 3 aromatic rings. The minimum absolute atomic E-state index is 0.0130. The standard InChI is InChI=1S/C24H28N6O2/c1-18-10-26-30(12-18)24(31)28-14-20-16-29(17-21(20)15-28)27(2)13-19-5-7-22(8-6-19)32-23-4-3-9-25-11-23/h3-12,20-21H,13-17H2,1-2H3/t20-,21+. The van der Waals surface area contributed by atoms with Gasteiger partial charge in [-0.05, 0) is 54.2 Å². The minimum Gasteiger partial charge on any atom is -0.456 e. The van der Waals surface area contributed by atoms with Crippen LogP contribution >= 0.6 is 0 Å². The number of aromatic nitrogens is 3. The second-order valence-corrected chi connectivity index (χ2v) is 8.79. The average molecular weight is 433 g/mol. The number of rotatable bonds is 5. The van der Waals surface area contributed by atoms with E-state index in [1.165, 1.54) is 10.2 Å². The Balaban J connectivity index is 1.13. The summed E-state index contributed by atoms with van der Waals surface area (Å²) in [5, 5.41) is 8.87. The number of hydrazine groups is 1. The lowest BCUT2D eigenvalue weighted by atomic mass is 10.0. The Kier molecular flexibility index (Phi) is 5.63. The molecule has 0 unspecified atom stereocenters. The molecule has 2 saturated heterocycles. The Hall–Kier alpha value is -3.23. The lowest BCUT2D eigenvalue weighted by molar-refractivity contribution is 0.00634. The van der Waals surface area contributed by atoms with Gasteiger partial charge in [0.05, 0.1) is 12.4 Å². The van der Waals surface area contributed by atoms with Gasteiger partial charge in [0.25, 0.3) is 0 Å². The molecule has 0 aliphatic carbocycles. The summed E-state index contributed by atoms with van der Waals surface area (Å²) in [6.07, 6.45) is 6.96. The Morgan fingerprint density at radius 1 is 1.06 bits per heavy atom. The van der Waals surface area contributed by atoms with E-state index in [-0.39, 0.29) is 6.03 Å². The summed E-state index contributed by atoms with van der Waals surface area (Å²) in [6.45, 7) is 6.34. The van der Waals surface area contributed by atoms with Crippen LogP contribution in [-0.2, 0) is 6.54 Å². The third kappa shape index (κ3) is 4.37. The van der Waals surface area contributed by atoms with Crippen molar-refractivity contribution in [3.8, 4) is 11.5 Å². The summed E-state index contributed by atoms with van der Waals surface area (Å²) in [6, 6.07) is 11.9. The average Bonchev–Trinajstić information content (AvgIpc) is 3.50. The second kappa shape index (κ2) is 8.72. The number of amides is 1. The number of hydrogen-bond acceptors (Lipinski definition) is 6. The fraction of sp³-hybridized carbons (Fsp3) is 0.375. The van der Waals surface area contributed by atoms with Gasteiger partial charge in [-0.25, -0.2) is 14.8 Å². The van der Waals surface area contributed by atoms with E-state index in [9.17, 15) is 4.79 Å². The number of hydrogen-bond donors (Lipinski definition) is 0. The normalized spacial score (nSPS) is 20.7. The van der Waals surface area contributed by atoms with Gasteiger partial charge in [0, 0.05) is 52.2 Å². The highest BCUT2D eigenvalue weighted by atomic mass is 16.5. The van der Waals surface area contributed by atoms with Crippen LogP contribution in [0.5, 0.6) is 11.5 Å². The number of aryl methyl sites for hydroxylation is 1. The maximum Gasteiger partial charge on any atom is 0.344 e. The molecular weight excluding hydrogens is 404 g/mol. The molecule has 0 radical (unpaired) electrons. The van der Waals surface area contributed by atoms with Crippen LogP contribution in [0.15, 0.2) is 61.2 Å². The van der Waals surface area contributed by atoms with Crippen LogP contribution in [0.3, 0.4) is 0 Å². The van der Waals surface area contributed by atoms with E-state index in [1.807, 2.05) is 36.1 Å². The van der Waals surface area contributed by atoms with Crippen molar-refractivity contribution in [3.05, 3.63) is 72.3 Å². The molecule has 2 aromatic heterocycles. The van der Waals surface area contributed by atoms with Gasteiger partial charge in [0.2, 0.25) is 0 Å². The summed E-state index contributed by atoms with van der Waals surface area (Å²) in [5.41, 5.74) is 2.23. The van der Waals surface area contributed by atoms with Crippen molar-refractivity contribution < 1.29 is 9.53 Å². The van der Waals surface area contributed by atoms with E-state index >= 15 is 0 Å². The van der Waals surface area contributed by atoms with E-state index in [0.717, 1.165) is 49.8 Å². The Morgan fingerprint density at radius 3 is 2.44 bits per heavy atom. The predicted octanol–water partition coefficient (Wildman–Crippen LogP) is 3.26. The van der Waals surface area contributed by atoms with E-state index in [1.54, 1.807) is 24.8 Å². The summed E-state index contributed by atoms with van der Waals surface area (Å²) >= 11 is 0. The van der Waals surface area contributed by atoms with Crippen molar-refractivity contribution >= 4 is 6.03 Å². The van der Waals surface area contributed by atoms with Gasteiger partial charge in [0.15, 0.2) is 0 Å². The molecule has 0 N–H and O–H groups in total. The number of ether oxygens (including phenoxy) is 1. The van der Waals surface area contributed by atoms with Crippen LogP contribution in [0.4, 0.5) is 4.79 Å². The van der Waals surface area contributed by atoms with Crippen LogP contribution in [0.1, 0.15) is 11.1 Å². The second-order valence-electron chi connectivity index (χ2n) is 8.79. The molecule has 8 nitrogen and oxygen atoms in total. The van der Waals surface area contributed by atoms with Gasteiger partial charge in [-0.2, -0.15) is 9.78 Å². The van der Waals surface area contributed by atoms with Crippen molar-refractivity contribution in [2.24, 2.45) is 11.8 Å². The zero-order valence-electron chi connectivity index (χ0n) is 18.5. The van der Waals surface area contributed by atoms with Crippen LogP contribution < -0.4 is 4.74 Å². The molecule has 5 rings (SSSR count). The number of nitrogens with zero attached hydrogens (tertiary/aromatic N) is 6. The molecule has 1 aromatic carbocycles. The lowest BCUT2D eigenvalue weighted by Gasteiger charge is -2.30. The first-order chi connectivity index (χ1) is 15.5. The summed E-state index contributed by atoms with van der Waals surface area (Å²) in [7, 11) is 2.14. The number of likely N-dealkylation sites (tertiary alicyclic amines) is 1. The first-order valence-corrected chi connectivity index (χ1v) is 11.0. The highest BCUT2D eigenvalue weighted by Gasteiger charge is 2.43. The van der Waals surface area contributed by atoms with Gasteiger partial charge >= 0.3 is 6.03 Å². The number of carbonyl (C=O) groups is 1.